The van der Waals surface area contributed by atoms with E-state index in [9.17, 15) is 0 Å². The molecule has 1 unspecified atom stereocenters. The van der Waals surface area contributed by atoms with Crippen LogP contribution < -0.4 is 5.73 Å². The third kappa shape index (κ3) is 2.88. The van der Waals surface area contributed by atoms with Gasteiger partial charge in [0.25, 0.3) is 0 Å². The molecule has 1 fully saturated rings. The average molecular weight is 232 g/mol. The summed E-state index contributed by atoms with van der Waals surface area (Å²) in [5.74, 6) is 0. The second kappa shape index (κ2) is 5.19. The summed E-state index contributed by atoms with van der Waals surface area (Å²) in [5.41, 5.74) is 11.7. The number of hydrogen-bond donors (Lipinski definition) is 1. The molecule has 2 N–H and O–H groups in total. The van der Waals surface area contributed by atoms with E-state index in [1.807, 2.05) is 0 Å². The molecule has 0 amide bonds. The maximum Gasteiger partial charge on any atom is 0.0429 e. The van der Waals surface area contributed by atoms with Gasteiger partial charge in [0.15, 0.2) is 0 Å². The summed E-state index contributed by atoms with van der Waals surface area (Å²) in [4.78, 5) is 2.49. The summed E-state index contributed by atoms with van der Waals surface area (Å²) >= 11 is 0. The lowest BCUT2D eigenvalue weighted by Gasteiger charge is -2.23. The number of aryl methyl sites for hydroxylation is 3. The van der Waals surface area contributed by atoms with Gasteiger partial charge >= 0.3 is 0 Å². The number of benzene rings is 1. The van der Waals surface area contributed by atoms with E-state index in [4.69, 9.17) is 5.73 Å². The van der Waals surface area contributed by atoms with E-state index in [1.54, 1.807) is 0 Å². The number of nitrogens with two attached hydrogens (primary N) is 1. The van der Waals surface area contributed by atoms with Gasteiger partial charge in [-0.05, 0) is 63.4 Å². The average Bonchev–Trinajstić information content (AvgIpc) is 2.68. The van der Waals surface area contributed by atoms with Crippen molar-refractivity contribution in [3.8, 4) is 0 Å². The highest BCUT2D eigenvalue weighted by Crippen LogP contribution is 2.23. The third-order valence-electron chi connectivity index (χ3n) is 3.76. The summed E-state index contributed by atoms with van der Waals surface area (Å²) in [7, 11) is 0. The van der Waals surface area contributed by atoms with E-state index in [1.165, 1.54) is 48.2 Å². The van der Waals surface area contributed by atoms with Crippen LogP contribution in [0.15, 0.2) is 12.1 Å². The van der Waals surface area contributed by atoms with E-state index < -0.39 is 0 Å². The molecular weight excluding hydrogens is 208 g/mol. The maximum atomic E-state index is 6.38. The van der Waals surface area contributed by atoms with Gasteiger partial charge in [-0.2, -0.15) is 0 Å². The van der Waals surface area contributed by atoms with Crippen molar-refractivity contribution in [1.29, 1.82) is 0 Å². The lowest BCUT2D eigenvalue weighted by Crippen LogP contribution is -2.30. The predicted octanol–water partition coefficient (Wildman–Crippen LogP) is 2.71. The summed E-state index contributed by atoms with van der Waals surface area (Å²) in [5, 5.41) is 0. The van der Waals surface area contributed by atoms with Gasteiger partial charge in [-0.1, -0.05) is 17.7 Å². The van der Waals surface area contributed by atoms with Crippen LogP contribution >= 0.6 is 0 Å². The van der Waals surface area contributed by atoms with Crippen molar-refractivity contribution in [1.82, 2.24) is 4.90 Å². The van der Waals surface area contributed by atoms with Gasteiger partial charge < -0.3 is 10.6 Å². The highest BCUT2D eigenvalue weighted by atomic mass is 15.1. The molecule has 17 heavy (non-hydrogen) atoms. The lowest BCUT2D eigenvalue weighted by molar-refractivity contribution is 0.315. The minimum Gasteiger partial charge on any atom is -0.323 e. The molecule has 0 bridgehead atoms. The summed E-state index contributed by atoms with van der Waals surface area (Å²) in [6, 6.07) is 4.65. The molecule has 1 atom stereocenters. The molecule has 0 aliphatic carbocycles. The summed E-state index contributed by atoms with van der Waals surface area (Å²) in [6.45, 7) is 9.95. The quantitative estimate of drug-likeness (QED) is 0.868. The summed E-state index contributed by atoms with van der Waals surface area (Å²) < 4.78 is 0. The highest BCUT2D eigenvalue weighted by Gasteiger charge is 2.18. The molecule has 1 aromatic rings. The standard InChI is InChI=1S/C15H24N2/c1-11-8-12(2)15(13(3)9-11)14(16)10-17-6-4-5-7-17/h8-9,14H,4-7,10,16H2,1-3H3. The Balaban J connectivity index is 2.15. The Bertz CT molecular complexity index is 369. The number of likely N-dealkylation sites (tertiary alicyclic amines) is 1. The van der Waals surface area contributed by atoms with Gasteiger partial charge in [0.05, 0.1) is 0 Å². The van der Waals surface area contributed by atoms with Crippen LogP contribution in [0, 0.1) is 20.8 Å². The van der Waals surface area contributed by atoms with Crippen LogP contribution in [0.3, 0.4) is 0 Å². The number of hydrogen-bond acceptors (Lipinski definition) is 2. The molecular formula is C15H24N2. The minimum absolute atomic E-state index is 0.161. The normalized spacial score (nSPS) is 18.6. The third-order valence-corrected chi connectivity index (χ3v) is 3.76. The fourth-order valence-corrected chi connectivity index (χ4v) is 3.11. The first-order valence-electron chi connectivity index (χ1n) is 6.63. The van der Waals surface area contributed by atoms with E-state index in [-0.39, 0.29) is 6.04 Å². The van der Waals surface area contributed by atoms with Crippen molar-refractivity contribution in [3.63, 3.8) is 0 Å². The van der Waals surface area contributed by atoms with Gasteiger partial charge in [0.1, 0.15) is 0 Å². The zero-order valence-corrected chi connectivity index (χ0v) is 11.3. The Morgan fingerprint density at radius 1 is 1.12 bits per heavy atom. The molecule has 2 heteroatoms. The zero-order chi connectivity index (χ0) is 12.4. The summed E-state index contributed by atoms with van der Waals surface area (Å²) in [6.07, 6.45) is 2.66. The topological polar surface area (TPSA) is 29.3 Å². The van der Waals surface area contributed by atoms with E-state index >= 15 is 0 Å². The Morgan fingerprint density at radius 3 is 2.18 bits per heavy atom. The molecule has 1 aromatic carbocycles. The van der Waals surface area contributed by atoms with Gasteiger partial charge in [-0.3, -0.25) is 0 Å². The van der Waals surface area contributed by atoms with Gasteiger partial charge in [0.2, 0.25) is 0 Å². The first-order valence-corrected chi connectivity index (χ1v) is 6.63. The van der Waals surface area contributed by atoms with Crippen molar-refractivity contribution in [2.45, 2.75) is 39.7 Å². The number of rotatable bonds is 3. The van der Waals surface area contributed by atoms with Crippen LogP contribution in [0.2, 0.25) is 0 Å². The van der Waals surface area contributed by atoms with Crippen LogP contribution in [-0.2, 0) is 0 Å². The first-order chi connectivity index (χ1) is 8.08. The molecule has 1 aliphatic rings. The van der Waals surface area contributed by atoms with Crippen molar-refractivity contribution in [3.05, 3.63) is 34.4 Å². The Kier molecular flexibility index (Phi) is 3.85. The van der Waals surface area contributed by atoms with E-state index in [0.717, 1.165) is 6.54 Å². The Hall–Kier alpha value is -0.860. The van der Waals surface area contributed by atoms with Crippen molar-refractivity contribution in [2.75, 3.05) is 19.6 Å². The Morgan fingerprint density at radius 2 is 1.65 bits per heavy atom. The smallest absolute Gasteiger partial charge is 0.0429 e. The van der Waals surface area contributed by atoms with Crippen molar-refractivity contribution in [2.24, 2.45) is 5.73 Å². The van der Waals surface area contributed by atoms with Crippen LogP contribution in [0.1, 0.15) is 41.1 Å². The largest absolute Gasteiger partial charge is 0.323 e. The molecule has 0 saturated carbocycles. The van der Waals surface area contributed by atoms with Crippen LogP contribution in [0.4, 0.5) is 0 Å². The Labute approximate surface area is 105 Å². The van der Waals surface area contributed by atoms with Gasteiger partial charge in [-0.15, -0.1) is 0 Å². The van der Waals surface area contributed by atoms with Gasteiger partial charge in [0, 0.05) is 12.6 Å². The second-order valence-corrected chi connectivity index (χ2v) is 5.43. The second-order valence-electron chi connectivity index (χ2n) is 5.43. The highest BCUT2D eigenvalue weighted by molar-refractivity contribution is 5.39. The lowest BCUT2D eigenvalue weighted by atomic mass is 9.94. The molecule has 2 nitrogen and oxygen atoms in total. The molecule has 2 rings (SSSR count). The zero-order valence-electron chi connectivity index (χ0n) is 11.3. The first kappa shape index (κ1) is 12.6. The SMILES string of the molecule is Cc1cc(C)c(C(N)CN2CCCC2)c(C)c1. The molecule has 0 aromatic heterocycles. The fourth-order valence-electron chi connectivity index (χ4n) is 3.11. The maximum absolute atomic E-state index is 6.38. The van der Waals surface area contributed by atoms with Crippen LogP contribution in [0.5, 0.6) is 0 Å². The predicted molar refractivity (Wildman–Crippen MR) is 73.3 cm³/mol. The van der Waals surface area contributed by atoms with Gasteiger partial charge in [-0.25, -0.2) is 0 Å². The fraction of sp³-hybridized carbons (Fsp3) is 0.600. The number of nitrogens with zero attached hydrogens (tertiary/aromatic N) is 1. The van der Waals surface area contributed by atoms with E-state index in [2.05, 4.69) is 37.8 Å². The monoisotopic (exact) mass is 232 g/mol. The van der Waals surface area contributed by atoms with Crippen LogP contribution in [0.25, 0.3) is 0 Å². The van der Waals surface area contributed by atoms with E-state index in [0.29, 0.717) is 0 Å². The van der Waals surface area contributed by atoms with Crippen LogP contribution in [-0.4, -0.2) is 24.5 Å². The molecule has 0 spiro atoms. The minimum atomic E-state index is 0.161. The van der Waals surface area contributed by atoms with Crippen molar-refractivity contribution >= 4 is 0 Å². The molecule has 94 valence electrons. The molecule has 1 saturated heterocycles. The molecule has 1 aliphatic heterocycles. The molecule has 1 heterocycles. The molecule has 0 radical (unpaired) electrons. The van der Waals surface area contributed by atoms with Crippen molar-refractivity contribution < 1.29 is 0 Å².